The molecular formula is C24H30Cl2O3Si. The number of esters is 1. The lowest BCUT2D eigenvalue weighted by Crippen LogP contribution is -2.71. The number of rotatable bonds is 7. The standard InChI is InChI=1S/C24H30Cl2O3Si/c1-17(2)16-20(21-24(25,26)22(27)28-21)29-30(23(3,4)5,18-12-8-6-9-13-18)19-14-10-7-11-15-19/h6-15,17,20-21H,16H2,1-5H3/t20-,21+/m0/s1. The summed E-state index contributed by atoms with van der Waals surface area (Å²) in [5.41, 5.74) is 0. The van der Waals surface area contributed by atoms with Crippen molar-refractivity contribution < 1.29 is 14.0 Å². The summed E-state index contributed by atoms with van der Waals surface area (Å²) in [6.45, 7) is 10.9. The molecule has 1 fully saturated rings. The van der Waals surface area contributed by atoms with Gasteiger partial charge in [-0.05, 0) is 27.8 Å². The summed E-state index contributed by atoms with van der Waals surface area (Å²) < 4.78 is 11.0. The zero-order chi connectivity index (χ0) is 22.2. The molecule has 1 aliphatic rings. The van der Waals surface area contributed by atoms with E-state index in [1.165, 1.54) is 0 Å². The second-order valence-electron chi connectivity index (χ2n) is 9.40. The minimum atomic E-state index is -2.82. The van der Waals surface area contributed by atoms with E-state index in [4.69, 9.17) is 32.4 Å². The molecule has 0 unspecified atom stereocenters. The average Bonchev–Trinajstić information content (AvgIpc) is 2.69. The van der Waals surface area contributed by atoms with Gasteiger partial charge in [-0.2, -0.15) is 0 Å². The molecule has 0 aromatic heterocycles. The molecule has 3 rings (SSSR count). The highest BCUT2D eigenvalue weighted by Crippen LogP contribution is 2.45. The quantitative estimate of drug-likeness (QED) is 0.325. The van der Waals surface area contributed by atoms with Gasteiger partial charge >= 0.3 is 5.97 Å². The van der Waals surface area contributed by atoms with Crippen molar-refractivity contribution in [3.8, 4) is 0 Å². The number of ether oxygens (including phenoxy) is 1. The Hall–Kier alpha value is -1.33. The van der Waals surface area contributed by atoms with Crippen LogP contribution in [0.1, 0.15) is 41.0 Å². The number of halogens is 2. The van der Waals surface area contributed by atoms with Gasteiger partial charge in [-0.3, -0.25) is 0 Å². The van der Waals surface area contributed by atoms with Gasteiger partial charge in [-0.15, -0.1) is 0 Å². The third kappa shape index (κ3) is 4.20. The predicted octanol–water partition coefficient (Wildman–Crippen LogP) is 5.08. The van der Waals surface area contributed by atoms with E-state index < -0.39 is 30.8 Å². The SMILES string of the molecule is CC(C)C[C@H](O[Si](c1ccccc1)(c1ccccc1)C(C)(C)C)[C@H]1OC(=O)C1(Cl)Cl. The van der Waals surface area contributed by atoms with Crippen molar-refractivity contribution in [2.24, 2.45) is 5.92 Å². The highest BCUT2D eigenvalue weighted by Gasteiger charge is 2.62. The molecule has 0 radical (unpaired) electrons. The number of carbonyl (C=O) groups is 1. The van der Waals surface area contributed by atoms with Crippen LogP contribution in [-0.4, -0.2) is 30.8 Å². The molecule has 2 aromatic rings. The first-order valence-corrected chi connectivity index (χ1v) is 13.0. The van der Waals surface area contributed by atoms with Gasteiger partial charge in [-0.25, -0.2) is 4.79 Å². The maximum absolute atomic E-state index is 11.9. The Morgan fingerprint density at radius 3 is 1.80 bits per heavy atom. The Morgan fingerprint density at radius 2 is 1.47 bits per heavy atom. The van der Waals surface area contributed by atoms with Crippen LogP contribution in [0.3, 0.4) is 0 Å². The number of carbonyl (C=O) groups excluding carboxylic acids is 1. The van der Waals surface area contributed by atoms with Gasteiger partial charge in [-0.1, -0.05) is 118 Å². The molecule has 2 aromatic carbocycles. The maximum atomic E-state index is 11.9. The van der Waals surface area contributed by atoms with Gasteiger partial charge < -0.3 is 9.16 Å². The minimum Gasteiger partial charge on any atom is -0.453 e. The van der Waals surface area contributed by atoms with Crippen molar-refractivity contribution in [2.45, 2.75) is 62.6 Å². The van der Waals surface area contributed by atoms with Gasteiger partial charge in [0.15, 0.2) is 6.10 Å². The van der Waals surface area contributed by atoms with Crippen LogP contribution >= 0.6 is 23.2 Å². The molecule has 1 heterocycles. The molecule has 0 bridgehead atoms. The van der Waals surface area contributed by atoms with Gasteiger partial charge in [0.2, 0.25) is 0 Å². The van der Waals surface area contributed by atoms with Crippen LogP contribution in [0, 0.1) is 5.92 Å². The normalized spacial score (nSPS) is 19.9. The summed E-state index contributed by atoms with van der Waals surface area (Å²) in [5, 5.41) is 2.13. The average molecular weight is 465 g/mol. The number of hydrogen-bond donors (Lipinski definition) is 0. The van der Waals surface area contributed by atoms with E-state index in [0.717, 1.165) is 10.4 Å². The number of benzene rings is 2. The van der Waals surface area contributed by atoms with Crippen LogP contribution in [0.25, 0.3) is 0 Å². The van der Waals surface area contributed by atoms with Crippen molar-refractivity contribution in [1.29, 1.82) is 0 Å². The topological polar surface area (TPSA) is 35.5 Å². The highest BCUT2D eigenvalue weighted by molar-refractivity contribution is 6.99. The molecule has 2 atom stereocenters. The Kier molecular flexibility index (Phi) is 6.73. The van der Waals surface area contributed by atoms with E-state index >= 15 is 0 Å². The van der Waals surface area contributed by atoms with Crippen LogP contribution in [0.5, 0.6) is 0 Å². The molecule has 30 heavy (non-hydrogen) atoms. The first kappa shape index (κ1) is 23.3. The maximum Gasteiger partial charge on any atom is 0.347 e. The summed E-state index contributed by atoms with van der Waals surface area (Å²) >= 11 is 12.7. The lowest BCUT2D eigenvalue weighted by Gasteiger charge is -2.49. The van der Waals surface area contributed by atoms with Crippen LogP contribution < -0.4 is 10.4 Å². The van der Waals surface area contributed by atoms with Gasteiger partial charge in [0.25, 0.3) is 12.7 Å². The van der Waals surface area contributed by atoms with E-state index in [0.29, 0.717) is 12.3 Å². The van der Waals surface area contributed by atoms with E-state index in [9.17, 15) is 4.79 Å². The Labute approximate surface area is 190 Å². The second-order valence-corrected chi connectivity index (χ2v) is 15.0. The first-order valence-electron chi connectivity index (χ1n) is 10.4. The van der Waals surface area contributed by atoms with E-state index in [1.807, 2.05) is 36.4 Å². The molecule has 162 valence electrons. The summed E-state index contributed by atoms with van der Waals surface area (Å²) in [4.78, 5) is 11.9. The zero-order valence-corrected chi connectivity index (χ0v) is 20.7. The fourth-order valence-corrected chi connectivity index (χ4v) is 9.40. The third-order valence-electron chi connectivity index (χ3n) is 5.65. The zero-order valence-electron chi connectivity index (χ0n) is 18.2. The monoisotopic (exact) mass is 464 g/mol. The molecule has 6 heteroatoms. The molecular weight excluding hydrogens is 435 g/mol. The minimum absolute atomic E-state index is 0.194. The predicted molar refractivity (Wildman–Crippen MR) is 126 cm³/mol. The van der Waals surface area contributed by atoms with Gasteiger partial charge in [0.05, 0.1) is 6.10 Å². The van der Waals surface area contributed by atoms with E-state index in [2.05, 4.69) is 58.9 Å². The molecule has 0 amide bonds. The Morgan fingerprint density at radius 1 is 1.00 bits per heavy atom. The summed E-state index contributed by atoms with van der Waals surface area (Å²) in [5.74, 6) is -0.285. The van der Waals surface area contributed by atoms with Crippen molar-refractivity contribution >= 4 is 47.9 Å². The number of hydrogen-bond acceptors (Lipinski definition) is 3. The molecule has 3 nitrogen and oxygen atoms in total. The van der Waals surface area contributed by atoms with Crippen molar-refractivity contribution in [3.05, 3.63) is 60.7 Å². The summed E-state index contributed by atoms with van der Waals surface area (Å²) in [7, 11) is -2.82. The number of alkyl halides is 2. The fraction of sp³-hybridized carbons (Fsp3) is 0.458. The largest absolute Gasteiger partial charge is 0.453 e. The Bertz CT molecular complexity index is 824. The molecule has 0 saturated carbocycles. The van der Waals surface area contributed by atoms with Crippen molar-refractivity contribution in [2.75, 3.05) is 0 Å². The van der Waals surface area contributed by atoms with Crippen LogP contribution in [0.4, 0.5) is 0 Å². The van der Waals surface area contributed by atoms with Crippen molar-refractivity contribution in [1.82, 2.24) is 0 Å². The summed E-state index contributed by atoms with van der Waals surface area (Å²) in [6.07, 6.45) is -0.426. The van der Waals surface area contributed by atoms with Crippen LogP contribution in [0.15, 0.2) is 60.7 Å². The van der Waals surface area contributed by atoms with Crippen molar-refractivity contribution in [3.63, 3.8) is 0 Å². The fourth-order valence-electron chi connectivity index (χ4n) is 4.25. The lowest BCUT2D eigenvalue weighted by molar-refractivity contribution is -0.183. The smallest absolute Gasteiger partial charge is 0.347 e. The van der Waals surface area contributed by atoms with E-state index in [1.54, 1.807) is 0 Å². The summed E-state index contributed by atoms with van der Waals surface area (Å²) in [6, 6.07) is 20.8. The van der Waals surface area contributed by atoms with E-state index in [-0.39, 0.29) is 5.04 Å². The molecule has 1 saturated heterocycles. The van der Waals surface area contributed by atoms with Crippen LogP contribution in [0.2, 0.25) is 5.04 Å². The second kappa shape index (κ2) is 8.66. The molecule has 0 N–H and O–H groups in total. The molecule has 1 aliphatic heterocycles. The van der Waals surface area contributed by atoms with Gasteiger partial charge in [0.1, 0.15) is 0 Å². The number of cyclic esters (lactones) is 1. The lowest BCUT2D eigenvalue weighted by atomic mass is 9.97. The first-order chi connectivity index (χ1) is 14.0. The molecule has 0 spiro atoms. The molecule has 0 aliphatic carbocycles. The Balaban J connectivity index is 2.17. The van der Waals surface area contributed by atoms with Crippen LogP contribution in [-0.2, 0) is 14.0 Å². The highest BCUT2D eigenvalue weighted by atomic mass is 35.5. The third-order valence-corrected chi connectivity index (χ3v) is 11.5. The van der Waals surface area contributed by atoms with Gasteiger partial charge in [0, 0.05) is 0 Å².